The fraction of sp³-hybridized carbons (Fsp3) is 0.263. The molecule has 0 bridgehead atoms. The summed E-state index contributed by atoms with van der Waals surface area (Å²) < 4.78 is 1.15. The van der Waals surface area contributed by atoms with Crippen molar-refractivity contribution in [2.45, 2.75) is 33.3 Å². The molecule has 118 valence electrons. The van der Waals surface area contributed by atoms with Crippen LogP contribution in [0.1, 0.15) is 34.5 Å². The highest BCUT2D eigenvalue weighted by Gasteiger charge is 2.09. The van der Waals surface area contributed by atoms with Crippen LogP contribution in [-0.4, -0.2) is 10.1 Å². The third-order valence-corrected chi connectivity index (χ3v) is 4.85. The van der Waals surface area contributed by atoms with Crippen LogP contribution >= 0.6 is 11.3 Å². The van der Waals surface area contributed by atoms with Gasteiger partial charge in [0, 0.05) is 0 Å². The van der Waals surface area contributed by atoms with Crippen molar-refractivity contribution < 1.29 is 5.11 Å². The van der Waals surface area contributed by atoms with Crippen LogP contribution in [0.4, 0.5) is 0 Å². The van der Waals surface area contributed by atoms with E-state index in [0.717, 1.165) is 20.8 Å². The van der Waals surface area contributed by atoms with E-state index in [-0.39, 0.29) is 12.5 Å². The van der Waals surface area contributed by atoms with E-state index in [0.29, 0.717) is 0 Å². The number of para-hydroxylation sites is 1. The lowest BCUT2D eigenvalue weighted by Gasteiger charge is -2.00. The number of hydrogen-bond donors (Lipinski definition) is 1. The highest BCUT2D eigenvalue weighted by Crippen LogP contribution is 2.26. The smallest absolute Gasteiger partial charge is 0.111 e. The summed E-state index contributed by atoms with van der Waals surface area (Å²) in [5.41, 5.74) is 4.50. The molecule has 0 aliphatic heterocycles. The fourth-order valence-electron chi connectivity index (χ4n) is 2.03. The standard InChI is InChI=1S/C10H8N2S.C9H12O/c1-7(6-11)10-12-8-4-2-3-5-9(8)13-10;1-7-3-4-9(6-10)5-8(7)2/h2-5,7H,1H3;3-5,10H,6H2,1-2H3. The molecule has 3 rings (SSSR count). The van der Waals surface area contributed by atoms with Gasteiger partial charge in [0.15, 0.2) is 0 Å². The van der Waals surface area contributed by atoms with E-state index in [1.165, 1.54) is 11.1 Å². The molecule has 0 aliphatic rings. The van der Waals surface area contributed by atoms with Gasteiger partial charge in [0.1, 0.15) is 5.01 Å². The average Bonchev–Trinajstić information content (AvgIpc) is 3.01. The maximum Gasteiger partial charge on any atom is 0.111 e. The molecule has 0 spiro atoms. The molecule has 4 heteroatoms. The number of thiazole rings is 1. The topological polar surface area (TPSA) is 56.9 Å². The number of fused-ring (bicyclic) bond motifs is 1. The van der Waals surface area contributed by atoms with Crippen molar-refractivity contribution in [1.29, 1.82) is 5.26 Å². The summed E-state index contributed by atoms with van der Waals surface area (Å²) in [7, 11) is 0. The minimum Gasteiger partial charge on any atom is -0.392 e. The van der Waals surface area contributed by atoms with Crippen molar-refractivity contribution in [3.05, 3.63) is 64.2 Å². The Hall–Kier alpha value is -2.22. The first-order chi connectivity index (χ1) is 11.0. The molecule has 1 unspecified atom stereocenters. The highest BCUT2D eigenvalue weighted by atomic mass is 32.1. The van der Waals surface area contributed by atoms with Crippen LogP contribution < -0.4 is 0 Å². The molecule has 1 N–H and O–H groups in total. The molecule has 2 aromatic carbocycles. The second-order valence-electron chi connectivity index (χ2n) is 5.45. The molecule has 0 saturated carbocycles. The average molecular weight is 324 g/mol. The van der Waals surface area contributed by atoms with Gasteiger partial charge in [-0.3, -0.25) is 0 Å². The van der Waals surface area contributed by atoms with Gasteiger partial charge >= 0.3 is 0 Å². The molecule has 23 heavy (non-hydrogen) atoms. The van der Waals surface area contributed by atoms with Gasteiger partial charge in [-0.05, 0) is 49.6 Å². The van der Waals surface area contributed by atoms with Gasteiger partial charge in [0.2, 0.25) is 0 Å². The zero-order chi connectivity index (χ0) is 16.8. The maximum atomic E-state index is 8.75. The summed E-state index contributed by atoms with van der Waals surface area (Å²) in [5.74, 6) is -0.0996. The lowest BCUT2D eigenvalue weighted by Crippen LogP contribution is -1.86. The summed E-state index contributed by atoms with van der Waals surface area (Å²) in [5, 5.41) is 18.4. The Kier molecular flexibility index (Phi) is 5.86. The molecule has 0 fully saturated rings. The first-order valence-electron chi connectivity index (χ1n) is 7.47. The molecule has 1 heterocycles. The number of hydrogen-bond acceptors (Lipinski definition) is 4. The quantitative estimate of drug-likeness (QED) is 0.742. The lowest BCUT2D eigenvalue weighted by molar-refractivity contribution is 0.282. The molecule has 0 amide bonds. The number of aliphatic hydroxyl groups excluding tert-OH is 1. The van der Waals surface area contributed by atoms with E-state index in [4.69, 9.17) is 10.4 Å². The number of rotatable bonds is 2. The Bertz CT molecular complexity index is 800. The minimum absolute atomic E-state index is 0.0996. The second kappa shape index (κ2) is 7.87. The largest absolute Gasteiger partial charge is 0.392 e. The summed E-state index contributed by atoms with van der Waals surface area (Å²) >= 11 is 1.60. The monoisotopic (exact) mass is 324 g/mol. The molecule has 3 aromatic rings. The molecular formula is C19H20N2OS. The fourth-order valence-corrected chi connectivity index (χ4v) is 3.00. The van der Waals surface area contributed by atoms with Gasteiger partial charge in [-0.25, -0.2) is 4.98 Å². The van der Waals surface area contributed by atoms with Gasteiger partial charge in [0.25, 0.3) is 0 Å². The van der Waals surface area contributed by atoms with Crippen molar-refractivity contribution in [3.8, 4) is 6.07 Å². The van der Waals surface area contributed by atoms with Gasteiger partial charge < -0.3 is 5.11 Å². The first kappa shape index (κ1) is 17.1. The van der Waals surface area contributed by atoms with E-state index in [1.54, 1.807) is 11.3 Å². The minimum atomic E-state index is -0.0996. The van der Waals surface area contributed by atoms with Crippen LogP contribution in [0.5, 0.6) is 0 Å². The van der Waals surface area contributed by atoms with E-state index < -0.39 is 0 Å². The van der Waals surface area contributed by atoms with Gasteiger partial charge in [-0.2, -0.15) is 5.26 Å². The number of benzene rings is 2. The third-order valence-electron chi connectivity index (χ3n) is 3.63. The molecule has 1 atom stereocenters. The molecule has 0 saturated heterocycles. The van der Waals surface area contributed by atoms with Gasteiger partial charge in [0.05, 0.1) is 28.8 Å². The van der Waals surface area contributed by atoms with Crippen molar-refractivity contribution >= 4 is 21.6 Å². The summed E-state index contributed by atoms with van der Waals surface area (Å²) in [4.78, 5) is 4.38. The Balaban J connectivity index is 0.000000174. The Morgan fingerprint density at radius 2 is 1.91 bits per heavy atom. The predicted molar refractivity (Wildman–Crippen MR) is 95.5 cm³/mol. The summed E-state index contributed by atoms with van der Waals surface area (Å²) in [6.07, 6.45) is 0. The number of aryl methyl sites for hydroxylation is 2. The number of nitrogens with zero attached hydrogens (tertiary/aromatic N) is 2. The van der Waals surface area contributed by atoms with E-state index >= 15 is 0 Å². The van der Waals surface area contributed by atoms with Crippen molar-refractivity contribution in [3.63, 3.8) is 0 Å². The Labute approximate surface area is 140 Å². The number of aliphatic hydroxyl groups is 1. The van der Waals surface area contributed by atoms with Crippen molar-refractivity contribution in [1.82, 2.24) is 4.98 Å². The predicted octanol–water partition coefficient (Wildman–Crippen LogP) is 4.72. The summed E-state index contributed by atoms with van der Waals surface area (Å²) in [6.45, 7) is 6.13. The zero-order valence-corrected chi connectivity index (χ0v) is 14.4. The van der Waals surface area contributed by atoms with Crippen LogP contribution in [0.2, 0.25) is 0 Å². The first-order valence-corrected chi connectivity index (χ1v) is 8.29. The van der Waals surface area contributed by atoms with Crippen LogP contribution in [0.25, 0.3) is 10.2 Å². The van der Waals surface area contributed by atoms with Gasteiger partial charge in [-0.15, -0.1) is 11.3 Å². The van der Waals surface area contributed by atoms with E-state index in [1.807, 2.05) is 49.4 Å². The number of aromatic nitrogens is 1. The Morgan fingerprint density at radius 3 is 2.52 bits per heavy atom. The molecular weight excluding hydrogens is 304 g/mol. The van der Waals surface area contributed by atoms with Crippen LogP contribution in [0, 0.1) is 25.2 Å². The van der Waals surface area contributed by atoms with Crippen LogP contribution in [0.15, 0.2) is 42.5 Å². The third kappa shape index (κ3) is 4.38. The Morgan fingerprint density at radius 1 is 1.17 bits per heavy atom. The SMILES string of the molecule is CC(C#N)c1nc2ccccc2s1.Cc1ccc(CO)cc1C. The van der Waals surface area contributed by atoms with Crippen molar-refractivity contribution in [2.75, 3.05) is 0 Å². The zero-order valence-electron chi connectivity index (χ0n) is 13.6. The summed E-state index contributed by atoms with van der Waals surface area (Å²) in [6, 6.07) is 16.1. The number of nitriles is 1. The molecule has 0 aliphatic carbocycles. The van der Waals surface area contributed by atoms with Crippen molar-refractivity contribution in [2.24, 2.45) is 0 Å². The lowest BCUT2D eigenvalue weighted by atomic mass is 10.1. The molecule has 0 radical (unpaired) electrons. The normalized spacial score (nSPS) is 11.4. The van der Waals surface area contributed by atoms with Crippen LogP contribution in [-0.2, 0) is 6.61 Å². The van der Waals surface area contributed by atoms with Crippen LogP contribution in [0.3, 0.4) is 0 Å². The highest BCUT2D eigenvalue weighted by molar-refractivity contribution is 7.18. The van der Waals surface area contributed by atoms with Gasteiger partial charge in [-0.1, -0.05) is 30.3 Å². The molecule has 3 nitrogen and oxygen atoms in total. The van der Waals surface area contributed by atoms with E-state index in [2.05, 4.69) is 24.9 Å². The second-order valence-corrected chi connectivity index (χ2v) is 6.51. The molecule has 1 aromatic heterocycles. The van der Waals surface area contributed by atoms with E-state index in [9.17, 15) is 0 Å². The maximum absolute atomic E-state index is 8.75.